The summed E-state index contributed by atoms with van der Waals surface area (Å²) in [5.74, 6) is -1.24. The summed E-state index contributed by atoms with van der Waals surface area (Å²) in [6.45, 7) is -0.185. The Hall–Kier alpha value is -4.19. The van der Waals surface area contributed by atoms with E-state index in [2.05, 4.69) is 15.6 Å². The van der Waals surface area contributed by atoms with E-state index in [0.29, 0.717) is 5.75 Å². The number of alkyl halides is 3. The average molecular weight is 562 g/mol. The van der Waals surface area contributed by atoms with Crippen molar-refractivity contribution in [2.24, 2.45) is 0 Å². The Kier molecular flexibility index (Phi) is 8.29. The summed E-state index contributed by atoms with van der Waals surface area (Å²) in [6.07, 6.45) is -3.42. The second kappa shape index (κ2) is 11.5. The third-order valence-electron chi connectivity index (χ3n) is 6.21. The lowest BCUT2D eigenvalue weighted by Crippen LogP contribution is -2.51. The van der Waals surface area contributed by atoms with Crippen molar-refractivity contribution in [1.29, 1.82) is 0 Å². The molecule has 1 aliphatic rings. The molecule has 1 saturated carbocycles. The molecule has 1 fully saturated rings. The number of rotatable bonds is 10. The molecule has 0 aliphatic heterocycles. The van der Waals surface area contributed by atoms with Crippen LogP contribution in [-0.2, 0) is 16.9 Å². The van der Waals surface area contributed by atoms with Crippen molar-refractivity contribution in [3.63, 3.8) is 0 Å². The van der Waals surface area contributed by atoms with Gasteiger partial charge in [-0.25, -0.2) is 9.37 Å². The normalized spacial score (nSPS) is 14.7. The predicted molar refractivity (Wildman–Crippen MR) is 136 cm³/mol. The number of carbonyl (C=O) groups excluding carboxylic acids is 2. The van der Waals surface area contributed by atoms with Crippen molar-refractivity contribution in [2.45, 2.75) is 44.2 Å². The molecule has 1 aliphatic carbocycles. The maximum Gasteiger partial charge on any atom is 0.424 e. The Morgan fingerprint density at radius 3 is 2.33 bits per heavy atom. The minimum Gasteiger partial charge on any atom is -0.493 e. The number of amides is 2. The summed E-state index contributed by atoms with van der Waals surface area (Å²) in [5, 5.41) is 15.6. The van der Waals surface area contributed by atoms with E-state index < -0.39 is 41.6 Å². The molecule has 1 unspecified atom stereocenters. The van der Waals surface area contributed by atoms with Crippen LogP contribution in [0.25, 0.3) is 11.3 Å². The molecule has 3 aromatic rings. The summed E-state index contributed by atoms with van der Waals surface area (Å²) < 4.78 is 67.5. The standard InChI is InChI=1S/C28H27F4N3O5/c1-16(36)33-14-17-11-22(18-3-6-20(29)7-4-18)35-25(12-17)27(38,28(30,31)32)15-34-26(37)19-5-10-23(24(13-19)39-2)40-21-8-9-21/h3-7,10-13,21,38H,8-9,14-15H2,1-2H3,(H,33,36)(H,34,37). The first-order chi connectivity index (χ1) is 18.9. The molecule has 0 bridgehead atoms. The van der Waals surface area contributed by atoms with E-state index in [9.17, 15) is 32.3 Å². The van der Waals surface area contributed by atoms with Gasteiger partial charge < -0.3 is 25.2 Å². The van der Waals surface area contributed by atoms with Gasteiger partial charge in [-0.05, 0) is 73.0 Å². The second-order valence-electron chi connectivity index (χ2n) is 9.39. The number of aliphatic hydroxyl groups is 1. The summed E-state index contributed by atoms with van der Waals surface area (Å²) in [6, 6.07) is 11.5. The Morgan fingerprint density at radius 2 is 1.73 bits per heavy atom. The Labute approximate surface area is 227 Å². The van der Waals surface area contributed by atoms with Gasteiger partial charge in [-0.3, -0.25) is 9.59 Å². The number of benzene rings is 2. The van der Waals surface area contributed by atoms with Gasteiger partial charge in [-0.1, -0.05) is 0 Å². The molecular weight excluding hydrogens is 534 g/mol. The maximum absolute atomic E-state index is 14.4. The number of methoxy groups -OCH3 is 1. The van der Waals surface area contributed by atoms with Gasteiger partial charge in [0.15, 0.2) is 11.5 Å². The minimum absolute atomic E-state index is 0.00263. The number of hydrogen-bond donors (Lipinski definition) is 3. The quantitative estimate of drug-likeness (QED) is 0.320. The molecule has 12 heteroatoms. The molecule has 1 heterocycles. The van der Waals surface area contributed by atoms with Crippen LogP contribution in [0.4, 0.5) is 17.6 Å². The maximum atomic E-state index is 14.4. The first-order valence-electron chi connectivity index (χ1n) is 12.3. The smallest absolute Gasteiger partial charge is 0.424 e. The molecule has 3 N–H and O–H groups in total. The Balaban J connectivity index is 1.65. The number of nitrogens with one attached hydrogen (secondary N) is 2. The number of pyridine rings is 1. The van der Waals surface area contributed by atoms with E-state index in [4.69, 9.17) is 9.47 Å². The number of ether oxygens (including phenoxy) is 2. The van der Waals surface area contributed by atoms with Crippen molar-refractivity contribution in [3.05, 3.63) is 77.2 Å². The number of aromatic nitrogens is 1. The van der Waals surface area contributed by atoms with Gasteiger partial charge in [0.25, 0.3) is 5.91 Å². The molecule has 2 aromatic carbocycles. The molecular formula is C28H27F4N3O5. The fraction of sp³-hybridized carbons (Fsp3) is 0.321. The third-order valence-corrected chi connectivity index (χ3v) is 6.21. The van der Waals surface area contributed by atoms with Gasteiger partial charge in [0.05, 0.1) is 31.1 Å². The monoisotopic (exact) mass is 561 g/mol. The predicted octanol–water partition coefficient (Wildman–Crippen LogP) is 4.25. The van der Waals surface area contributed by atoms with Crippen LogP contribution in [0, 0.1) is 5.82 Å². The lowest BCUT2D eigenvalue weighted by Gasteiger charge is -2.31. The van der Waals surface area contributed by atoms with Crippen molar-refractivity contribution in [3.8, 4) is 22.8 Å². The molecule has 1 aromatic heterocycles. The molecule has 0 saturated heterocycles. The van der Waals surface area contributed by atoms with Gasteiger partial charge in [0.1, 0.15) is 5.82 Å². The van der Waals surface area contributed by atoms with Crippen LogP contribution in [0.3, 0.4) is 0 Å². The van der Waals surface area contributed by atoms with Gasteiger partial charge in [0, 0.05) is 24.6 Å². The molecule has 212 valence electrons. The van der Waals surface area contributed by atoms with Crippen molar-refractivity contribution in [1.82, 2.24) is 15.6 Å². The molecule has 0 radical (unpaired) electrons. The molecule has 2 amide bonds. The largest absolute Gasteiger partial charge is 0.493 e. The zero-order chi connectivity index (χ0) is 29.1. The van der Waals surface area contributed by atoms with E-state index >= 15 is 0 Å². The van der Waals surface area contributed by atoms with E-state index in [-0.39, 0.29) is 40.8 Å². The topological polar surface area (TPSA) is 110 Å². The van der Waals surface area contributed by atoms with E-state index in [1.165, 1.54) is 50.4 Å². The molecule has 4 rings (SSSR count). The van der Waals surface area contributed by atoms with E-state index in [0.717, 1.165) is 31.0 Å². The number of carbonyl (C=O) groups is 2. The highest BCUT2D eigenvalue weighted by Gasteiger charge is 2.56. The summed E-state index contributed by atoms with van der Waals surface area (Å²) in [7, 11) is 1.37. The van der Waals surface area contributed by atoms with Gasteiger partial charge >= 0.3 is 6.18 Å². The summed E-state index contributed by atoms with van der Waals surface area (Å²) >= 11 is 0. The second-order valence-corrected chi connectivity index (χ2v) is 9.39. The number of nitrogens with zero attached hydrogens (tertiary/aromatic N) is 1. The molecule has 40 heavy (non-hydrogen) atoms. The van der Waals surface area contributed by atoms with Gasteiger partial charge in [-0.2, -0.15) is 13.2 Å². The summed E-state index contributed by atoms with van der Waals surface area (Å²) in [5.41, 5.74) is -3.95. The lowest BCUT2D eigenvalue weighted by molar-refractivity contribution is -0.265. The third kappa shape index (κ3) is 6.68. The SMILES string of the molecule is COc1cc(C(=O)NCC(O)(c2cc(CNC(C)=O)cc(-c3ccc(F)cc3)n2)C(F)(F)F)ccc1OC1CC1. The van der Waals surface area contributed by atoms with Crippen molar-refractivity contribution in [2.75, 3.05) is 13.7 Å². The highest BCUT2D eigenvalue weighted by atomic mass is 19.4. The lowest BCUT2D eigenvalue weighted by atomic mass is 9.95. The zero-order valence-corrected chi connectivity index (χ0v) is 21.6. The highest BCUT2D eigenvalue weighted by molar-refractivity contribution is 5.95. The molecule has 1 atom stereocenters. The summed E-state index contributed by atoms with van der Waals surface area (Å²) in [4.78, 5) is 28.3. The fourth-order valence-electron chi connectivity index (χ4n) is 3.81. The Morgan fingerprint density at radius 1 is 1.02 bits per heavy atom. The zero-order valence-electron chi connectivity index (χ0n) is 21.6. The average Bonchev–Trinajstić information content (AvgIpc) is 3.74. The molecule has 8 nitrogen and oxygen atoms in total. The van der Waals surface area contributed by atoms with Crippen molar-refractivity contribution < 1.29 is 41.7 Å². The minimum atomic E-state index is -5.26. The van der Waals surface area contributed by atoms with Crippen LogP contribution in [0.1, 0.15) is 41.4 Å². The van der Waals surface area contributed by atoms with Crippen LogP contribution >= 0.6 is 0 Å². The Bertz CT molecular complexity index is 1390. The fourth-order valence-corrected chi connectivity index (χ4v) is 3.81. The molecule has 0 spiro atoms. The van der Waals surface area contributed by atoms with Crippen LogP contribution in [-0.4, -0.2) is 47.8 Å². The van der Waals surface area contributed by atoms with E-state index in [1.54, 1.807) is 0 Å². The van der Waals surface area contributed by atoms with Gasteiger partial charge in [0.2, 0.25) is 11.5 Å². The van der Waals surface area contributed by atoms with Crippen LogP contribution in [0.15, 0.2) is 54.6 Å². The number of halogens is 4. The van der Waals surface area contributed by atoms with Crippen molar-refractivity contribution >= 4 is 11.8 Å². The van der Waals surface area contributed by atoms with Gasteiger partial charge in [-0.15, -0.1) is 0 Å². The number of hydrogen-bond acceptors (Lipinski definition) is 6. The van der Waals surface area contributed by atoms with E-state index in [1.807, 2.05) is 0 Å². The van der Waals surface area contributed by atoms with Crippen LogP contribution in [0.5, 0.6) is 11.5 Å². The first-order valence-corrected chi connectivity index (χ1v) is 12.3. The van der Waals surface area contributed by atoms with Crippen LogP contribution in [0.2, 0.25) is 0 Å². The first kappa shape index (κ1) is 28.8. The van der Waals surface area contributed by atoms with Crippen LogP contribution < -0.4 is 20.1 Å². The highest BCUT2D eigenvalue weighted by Crippen LogP contribution is 2.39.